The van der Waals surface area contributed by atoms with Crippen molar-refractivity contribution in [3.05, 3.63) is 94.5 Å². The first kappa shape index (κ1) is 25.0. The molecule has 0 saturated heterocycles. The van der Waals surface area contributed by atoms with Crippen LogP contribution in [0.4, 0.5) is 0 Å². The Hall–Kier alpha value is -4.72. The van der Waals surface area contributed by atoms with E-state index in [2.05, 4.69) is 0 Å². The lowest BCUT2D eigenvalue weighted by Gasteiger charge is -2.41. The van der Waals surface area contributed by atoms with E-state index in [-0.39, 0.29) is 51.9 Å². The summed E-state index contributed by atoms with van der Waals surface area (Å²) >= 11 is 0. The second-order valence-electron chi connectivity index (χ2n) is 9.50. The van der Waals surface area contributed by atoms with E-state index < -0.39 is 11.8 Å². The van der Waals surface area contributed by atoms with Gasteiger partial charge in [0.25, 0.3) is 0 Å². The molecule has 0 amide bonds. The molecule has 0 radical (unpaired) electrons. The molecule has 1 aliphatic rings. The number of rotatable bonds is 5. The molecule has 8 nitrogen and oxygen atoms in total. The van der Waals surface area contributed by atoms with Crippen molar-refractivity contribution in [2.24, 2.45) is 0 Å². The predicted octanol–water partition coefficient (Wildman–Crippen LogP) is 5.19. The monoisotopic (exact) mass is 516 g/mol. The standard InChI is InChI=1S/C30H28O8/c1-37-26-11-15(3-5-23(26)34)22-10-18-9-21(33)14-25(36)29(18)30(16-4-6-24(35)27(12-16)38-2)28(22)17-7-19(31)13-20(32)8-17/h3-9,11-14,22,28,30-36H,10H2,1-2H3/t22-,28+,30-/m0/s1. The number of phenolic OH excluding ortho intramolecular Hbond substituents is 6. The maximum absolute atomic E-state index is 11.1. The first-order chi connectivity index (χ1) is 18.2. The van der Waals surface area contributed by atoms with E-state index in [0.717, 1.165) is 5.56 Å². The Morgan fingerprint density at radius 3 is 1.74 bits per heavy atom. The zero-order chi connectivity index (χ0) is 27.1. The van der Waals surface area contributed by atoms with E-state index in [9.17, 15) is 30.6 Å². The molecule has 0 aliphatic heterocycles. The summed E-state index contributed by atoms with van der Waals surface area (Å²) in [4.78, 5) is 0. The van der Waals surface area contributed by atoms with Gasteiger partial charge in [0.15, 0.2) is 23.0 Å². The van der Waals surface area contributed by atoms with Crippen molar-refractivity contribution in [2.75, 3.05) is 14.2 Å². The van der Waals surface area contributed by atoms with Gasteiger partial charge in [0.1, 0.15) is 23.0 Å². The van der Waals surface area contributed by atoms with Crippen LogP contribution in [0.25, 0.3) is 0 Å². The Labute approximate surface area is 219 Å². The number of benzene rings is 4. The zero-order valence-corrected chi connectivity index (χ0v) is 20.8. The smallest absolute Gasteiger partial charge is 0.160 e. The summed E-state index contributed by atoms with van der Waals surface area (Å²) in [5.41, 5.74) is 3.39. The molecule has 3 atom stereocenters. The first-order valence-electron chi connectivity index (χ1n) is 12.0. The van der Waals surface area contributed by atoms with Crippen LogP contribution >= 0.6 is 0 Å². The molecule has 5 rings (SSSR count). The van der Waals surface area contributed by atoms with E-state index >= 15 is 0 Å². The molecular weight excluding hydrogens is 488 g/mol. The van der Waals surface area contributed by atoms with Crippen molar-refractivity contribution in [2.45, 2.75) is 24.2 Å². The molecule has 0 heterocycles. The Morgan fingerprint density at radius 2 is 1.13 bits per heavy atom. The number of phenols is 6. The van der Waals surface area contributed by atoms with E-state index in [1.165, 1.54) is 32.4 Å². The van der Waals surface area contributed by atoms with Gasteiger partial charge in [-0.15, -0.1) is 0 Å². The molecule has 6 N–H and O–H groups in total. The lowest BCUT2D eigenvalue weighted by molar-refractivity contribution is 0.368. The second-order valence-corrected chi connectivity index (χ2v) is 9.50. The first-order valence-corrected chi connectivity index (χ1v) is 12.0. The summed E-state index contributed by atoms with van der Waals surface area (Å²) in [5, 5.41) is 62.8. The molecule has 0 fully saturated rings. The lowest BCUT2D eigenvalue weighted by Crippen LogP contribution is -2.28. The highest BCUT2D eigenvalue weighted by atomic mass is 16.5. The molecule has 0 unspecified atom stereocenters. The van der Waals surface area contributed by atoms with Gasteiger partial charge in [-0.25, -0.2) is 0 Å². The molecule has 196 valence electrons. The highest BCUT2D eigenvalue weighted by molar-refractivity contribution is 5.59. The number of fused-ring (bicyclic) bond motifs is 1. The molecule has 0 saturated carbocycles. The molecule has 8 heteroatoms. The van der Waals surface area contributed by atoms with Crippen LogP contribution in [0.15, 0.2) is 66.7 Å². The summed E-state index contributed by atoms with van der Waals surface area (Å²) in [6.45, 7) is 0. The fraction of sp³-hybridized carbons (Fsp3) is 0.200. The summed E-state index contributed by atoms with van der Waals surface area (Å²) in [7, 11) is 2.90. The van der Waals surface area contributed by atoms with E-state index in [1.54, 1.807) is 48.5 Å². The van der Waals surface area contributed by atoms with Crippen LogP contribution in [-0.4, -0.2) is 44.9 Å². The van der Waals surface area contributed by atoms with Crippen molar-refractivity contribution in [1.29, 1.82) is 0 Å². The van der Waals surface area contributed by atoms with E-state index in [4.69, 9.17) is 9.47 Å². The second kappa shape index (κ2) is 9.63. The lowest BCUT2D eigenvalue weighted by atomic mass is 9.62. The van der Waals surface area contributed by atoms with Crippen molar-refractivity contribution in [1.82, 2.24) is 0 Å². The normalized spacial score (nSPS) is 18.5. The quantitative estimate of drug-likeness (QED) is 0.213. The topological polar surface area (TPSA) is 140 Å². The molecule has 38 heavy (non-hydrogen) atoms. The minimum atomic E-state index is -0.556. The molecule has 4 aromatic carbocycles. The van der Waals surface area contributed by atoms with Crippen LogP contribution in [-0.2, 0) is 6.42 Å². The highest BCUT2D eigenvalue weighted by Crippen LogP contribution is 2.57. The fourth-order valence-electron chi connectivity index (χ4n) is 5.73. The SMILES string of the molecule is COc1cc([C@@H]2c3c(O)cc(O)cc3C[C@@H](c3ccc(O)c(OC)c3)[C@H]2c2cc(O)cc(O)c2)ccc1O. The number of hydrogen-bond donors (Lipinski definition) is 6. The summed E-state index contributed by atoms with van der Waals surface area (Å²) in [5.74, 6) is -1.30. The molecule has 0 aromatic heterocycles. The fourth-order valence-corrected chi connectivity index (χ4v) is 5.73. The van der Waals surface area contributed by atoms with E-state index in [0.29, 0.717) is 28.7 Å². The molecule has 4 aromatic rings. The molecule has 0 bridgehead atoms. The van der Waals surface area contributed by atoms with Crippen molar-refractivity contribution >= 4 is 0 Å². The number of hydrogen-bond acceptors (Lipinski definition) is 8. The molecular formula is C30H28O8. The van der Waals surface area contributed by atoms with Crippen molar-refractivity contribution in [3.8, 4) is 46.0 Å². The third-order valence-corrected chi connectivity index (χ3v) is 7.28. The Bertz CT molecular complexity index is 1490. The van der Waals surface area contributed by atoms with Gasteiger partial charge in [-0.05, 0) is 77.1 Å². The highest BCUT2D eigenvalue weighted by Gasteiger charge is 2.42. The van der Waals surface area contributed by atoms with Gasteiger partial charge in [0.05, 0.1) is 14.2 Å². The summed E-state index contributed by atoms with van der Waals surface area (Å²) < 4.78 is 10.7. The van der Waals surface area contributed by atoms with Crippen molar-refractivity contribution < 1.29 is 40.1 Å². The largest absolute Gasteiger partial charge is 0.508 e. The average molecular weight is 517 g/mol. The van der Waals surface area contributed by atoms with Gasteiger partial charge in [-0.1, -0.05) is 12.1 Å². The van der Waals surface area contributed by atoms with Gasteiger partial charge in [-0.3, -0.25) is 0 Å². The van der Waals surface area contributed by atoms with Gasteiger partial charge < -0.3 is 40.1 Å². The number of aromatic hydroxyl groups is 6. The Morgan fingerprint density at radius 1 is 0.579 bits per heavy atom. The van der Waals surface area contributed by atoms with Crippen LogP contribution in [0.3, 0.4) is 0 Å². The third kappa shape index (κ3) is 4.34. The van der Waals surface area contributed by atoms with Gasteiger partial charge in [0.2, 0.25) is 0 Å². The van der Waals surface area contributed by atoms with Gasteiger partial charge >= 0.3 is 0 Å². The van der Waals surface area contributed by atoms with Crippen molar-refractivity contribution in [3.63, 3.8) is 0 Å². The maximum atomic E-state index is 11.1. The third-order valence-electron chi connectivity index (χ3n) is 7.28. The molecule has 1 aliphatic carbocycles. The summed E-state index contributed by atoms with van der Waals surface area (Å²) in [6, 6.07) is 17.3. The Kier molecular flexibility index (Phi) is 6.32. The Balaban J connectivity index is 1.83. The predicted molar refractivity (Wildman–Crippen MR) is 140 cm³/mol. The van der Waals surface area contributed by atoms with Crippen LogP contribution < -0.4 is 9.47 Å². The number of ether oxygens (including phenoxy) is 2. The van der Waals surface area contributed by atoms with Gasteiger partial charge in [0, 0.05) is 29.5 Å². The van der Waals surface area contributed by atoms with Crippen LogP contribution in [0.1, 0.15) is 45.6 Å². The van der Waals surface area contributed by atoms with Crippen LogP contribution in [0, 0.1) is 0 Å². The van der Waals surface area contributed by atoms with E-state index in [1.807, 2.05) is 0 Å². The van der Waals surface area contributed by atoms with Crippen LogP contribution in [0.2, 0.25) is 0 Å². The zero-order valence-electron chi connectivity index (χ0n) is 20.8. The summed E-state index contributed by atoms with van der Waals surface area (Å²) in [6.07, 6.45) is 0.387. The number of methoxy groups -OCH3 is 2. The maximum Gasteiger partial charge on any atom is 0.160 e. The van der Waals surface area contributed by atoms with Crippen LogP contribution in [0.5, 0.6) is 46.0 Å². The molecule has 0 spiro atoms. The average Bonchev–Trinajstić information content (AvgIpc) is 2.87. The minimum Gasteiger partial charge on any atom is -0.508 e. The minimum absolute atomic E-state index is 0.0193. The van der Waals surface area contributed by atoms with Gasteiger partial charge in [-0.2, -0.15) is 0 Å².